The van der Waals surface area contributed by atoms with E-state index in [1.165, 1.54) is 70.6 Å². The molecule has 0 aliphatic carbocycles. The fourth-order valence-electron chi connectivity index (χ4n) is 3.05. The van der Waals surface area contributed by atoms with E-state index in [1.807, 2.05) is 7.05 Å². The normalized spacial score (nSPS) is 12.0. The largest absolute Gasteiger partial charge is 0.391 e. The van der Waals surface area contributed by atoms with Crippen LogP contribution in [0.25, 0.3) is 0 Å². The molecule has 0 bridgehead atoms. The lowest BCUT2D eigenvalue weighted by atomic mass is 10.1. The second-order valence-electron chi connectivity index (χ2n) is 7.44. The van der Waals surface area contributed by atoms with Crippen molar-refractivity contribution in [3.8, 4) is 0 Å². The van der Waals surface area contributed by atoms with Gasteiger partial charge in [0.05, 0.1) is 26.9 Å². The van der Waals surface area contributed by atoms with E-state index >= 15 is 0 Å². The molecule has 0 rings (SSSR count). The predicted octanol–water partition coefficient (Wildman–Crippen LogP) is 4.09. The molecule has 24 heavy (non-hydrogen) atoms. The number of nitrogens with zero attached hydrogens (tertiary/aromatic N) is 1. The van der Waals surface area contributed by atoms with E-state index in [4.69, 9.17) is 14.9 Å². The minimum Gasteiger partial charge on any atom is -0.391 e. The maximum absolute atomic E-state index is 9.09. The van der Waals surface area contributed by atoms with Crippen LogP contribution in [0.3, 0.4) is 0 Å². The number of ether oxygens (including phenoxy) is 1. The standard InChI is InChI=1S/C20H44NO3/c1-3-4-5-6-7-8-9-10-11-12-13-14-19-24-20-21(2,15-17-22)16-18-23/h22-23H,3-20H2,1-2H3/q+1. The first-order valence-electron chi connectivity index (χ1n) is 10.3. The van der Waals surface area contributed by atoms with E-state index in [2.05, 4.69) is 6.92 Å². The van der Waals surface area contributed by atoms with Crippen LogP contribution >= 0.6 is 0 Å². The topological polar surface area (TPSA) is 49.7 Å². The van der Waals surface area contributed by atoms with Gasteiger partial charge < -0.3 is 14.9 Å². The molecule has 0 amide bonds. The molecular formula is C20H44NO3+. The van der Waals surface area contributed by atoms with Crippen LogP contribution in [-0.4, -0.2) is 61.4 Å². The van der Waals surface area contributed by atoms with Gasteiger partial charge in [-0.3, -0.25) is 4.48 Å². The smallest absolute Gasteiger partial charge is 0.183 e. The van der Waals surface area contributed by atoms with Gasteiger partial charge in [-0.1, -0.05) is 77.6 Å². The molecule has 0 heterocycles. The Bertz CT molecular complexity index is 243. The highest BCUT2D eigenvalue weighted by Crippen LogP contribution is 2.12. The molecular weight excluding hydrogens is 302 g/mol. The minimum absolute atomic E-state index is 0.137. The van der Waals surface area contributed by atoms with Crippen LogP contribution in [0, 0.1) is 0 Å². The molecule has 0 aromatic carbocycles. The Hall–Kier alpha value is -0.160. The van der Waals surface area contributed by atoms with Gasteiger partial charge in [0.2, 0.25) is 0 Å². The van der Waals surface area contributed by atoms with Crippen molar-refractivity contribution in [2.75, 3.05) is 46.7 Å². The van der Waals surface area contributed by atoms with Gasteiger partial charge >= 0.3 is 0 Å². The summed E-state index contributed by atoms with van der Waals surface area (Å²) in [5.74, 6) is 0. The van der Waals surface area contributed by atoms with Crippen molar-refractivity contribution in [3.63, 3.8) is 0 Å². The van der Waals surface area contributed by atoms with Gasteiger partial charge in [-0.25, -0.2) is 0 Å². The van der Waals surface area contributed by atoms with Crippen molar-refractivity contribution in [3.05, 3.63) is 0 Å². The van der Waals surface area contributed by atoms with Gasteiger partial charge in [0.15, 0.2) is 6.73 Å². The summed E-state index contributed by atoms with van der Waals surface area (Å²) >= 11 is 0. The zero-order valence-electron chi connectivity index (χ0n) is 16.5. The van der Waals surface area contributed by atoms with Crippen molar-refractivity contribution in [2.24, 2.45) is 0 Å². The molecule has 0 aliphatic rings. The van der Waals surface area contributed by atoms with Gasteiger partial charge in [-0.2, -0.15) is 0 Å². The van der Waals surface area contributed by atoms with Crippen molar-refractivity contribution >= 4 is 0 Å². The molecule has 0 atom stereocenters. The number of likely N-dealkylation sites (N-methyl/N-ethyl adjacent to an activating group) is 1. The van der Waals surface area contributed by atoms with E-state index in [0.717, 1.165) is 13.0 Å². The first-order valence-corrected chi connectivity index (χ1v) is 10.3. The summed E-state index contributed by atoms with van der Waals surface area (Å²) < 4.78 is 6.33. The first-order chi connectivity index (χ1) is 11.7. The van der Waals surface area contributed by atoms with Crippen molar-refractivity contribution in [1.29, 1.82) is 0 Å². The average Bonchev–Trinajstić information content (AvgIpc) is 2.55. The molecule has 4 heteroatoms. The summed E-state index contributed by atoms with van der Waals surface area (Å²) in [6.07, 6.45) is 16.3. The Kier molecular flexibility index (Phi) is 17.5. The van der Waals surface area contributed by atoms with E-state index < -0.39 is 0 Å². The van der Waals surface area contributed by atoms with Crippen molar-refractivity contribution in [1.82, 2.24) is 0 Å². The monoisotopic (exact) mass is 346 g/mol. The van der Waals surface area contributed by atoms with Gasteiger partial charge in [0.1, 0.15) is 13.1 Å². The average molecular weight is 347 g/mol. The van der Waals surface area contributed by atoms with Crippen LogP contribution in [-0.2, 0) is 4.74 Å². The number of unbranched alkanes of at least 4 members (excludes halogenated alkanes) is 11. The molecule has 0 spiro atoms. The van der Waals surface area contributed by atoms with E-state index in [0.29, 0.717) is 24.3 Å². The maximum Gasteiger partial charge on any atom is 0.183 e. The number of hydrogen-bond acceptors (Lipinski definition) is 3. The predicted molar refractivity (Wildman–Crippen MR) is 102 cm³/mol. The van der Waals surface area contributed by atoms with E-state index in [9.17, 15) is 0 Å². The number of quaternary nitrogens is 1. The summed E-state index contributed by atoms with van der Waals surface area (Å²) in [5, 5.41) is 18.2. The Balaban J connectivity index is 3.30. The van der Waals surface area contributed by atoms with Crippen molar-refractivity contribution in [2.45, 2.75) is 84.0 Å². The van der Waals surface area contributed by atoms with Crippen LogP contribution in [0.15, 0.2) is 0 Å². The Morgan fingerprint density at radius 3 is 1.50 bits per heavy atom. The zero-order valence-corrected chi connectivity index (χ0v) is 16.5. The fourth-order valence-corrected chi connectivity index (χ4v) is 3.05. The summed E-state index contributed by atoms with van der Waals surface area (Å²) in [7, 11) is 2.02. The maximum atomic E-state index is 9.09. The summed E-state index contributed by atoms with van der Waals surface area (Å²) in [6, 6.07) is 0. The second-order valence-corrected chi connectivity index (χ2v) is 7.44. The SMILES string of the molecule is CCCCCCCCCCCCCCOC[N+](C)(CCO)CCO. The first kappa shape index (κ1) is 23.8. The van der Waals surface area contributed by atoms with Gasteiger partial charge in [-0.05, 0) is 6.42 Å². The highest BCUT2D eigenvalue weighted by molar-refractivity contribution is 4.48. The highest BCUT2D eigenvalue weighted by Gasteiger charge is 2.20. The number of hydrogen-bond donors (Lipinski definition) is 2. The molecule has 146 valence electrons. The second kappa shape index (κ2) is 17.7. The van der Waals surface area contributed by atoms with E-state index in [-0.39, 0.29) is 13.2 Å². The molecule has 0 aromatic heterocycles. The van der Waals surface area contributed by atoms with Gasteiger partial charge in [0, 0.05) is 0 Å². The number of rotatable bonds is 19. The van der Waals surface area contributed by atoms with Crippen LogP contribution in [0.5, 0.6) is 0 Å². The molecule has 0 saturated heterocycles. The fraction of sp³-hybridized carbons (Fsp3) is 1.00. The van der Waals surface area contributed by atoms with Gasteiger partial charge in [0.25, 0.3) is 0 Å². The lowest BCUT2D eigenvalue weighted by Crippen LogP contribution is -2.49. The Morgan fingerprint density at radius 2 is 1.08 bits per heavy atom. The quantitative estimate of drug-likeness (QED) is 0.210. The molecule has 2 N–H and O–H groups in total. The van der Waals surface area contributed by atoms with Crippen molar-refractivity contribution < 1.29 is 19.4 Å². The molecule has 0 aromatic rings. The highest BCUT2D eigenvalue weighted by atomic mass is 16.5. The Morgan fingerprint density at radius 1 is 0.667 bits per heavy atom. The van der Waals surface area contributed by atoms with Crippen LogP contribution in [0.2, 0.25) is 0 Å². The molecule has 0 unspecified atom stereocenters. The van der Waals surface area contributed by atoms with Crippen LogP contribution < -0.4 is 0 Å². The third-order valence-electron chi connectivity index (χ3n) is 4.82. The van der Waals surface area contributed by atoms with Gasteiger partial charge in [-0.15, -0.1) is 0 Å². The third-order valence-corrected chi connectivity index (χ3v) is 4.82. The minimum atomic E-state index is 0.137. The molecule has 0 fully saturated rings. The number of aliphatic hydroxyl groups is 2. The lowest BCUT2D eigenvalue weighted by Gasteiger charge is -2.32. The third kappa shape index (κ3) is 15.4. The van der Waals surface area contributed by atoms with E-state index in [1.54, 1.807) is 0 Å². The lowest BCUT2D eigenvalue weighted by molar-refractivity contribution is -0.928. The summed E-state index contributed by atoms with van der Waals surface area (Å²) in [6.45, 7) is 5.20. The van der Waals surface area contributed by atoms with Crippen LogP contribution in [0.1, 0.15) is 84.0 Å². The molecule has 0 radical (unpaired) electrons. The van der Waals surface area contributed by atoms with Crippen LogP contribution in [0.4, 0.5) is 0 Å². The summed E-state index contributed by atoms with van der Waals surface area (Å²) in [5.41, 5.74) is 0. The zero-order chi connectivity index (χ0) is 17.9. The molecule has 4 nitrogen and oxygen atoms in total. The summed E-state index contributed by atoms with van der Waals surface area (Å²) in [4.78, 5) is 0. The Labute approximate surface area is 150 Å². The molecule has 0 aliphatic heterocycles. The number of aliphatic hydroxyl groups excluding tert-OH is 2. The molecule has 0 saturated carbocycles.